The van der Waals surface area contributed by atoms with E-state index in [4.69, 9.17) is 25.8 Å². The van der Waals surface area contributed by atoms with E-state index in [9.17, 15) is 19.8 Å². The summed E-state index contributed by atoms with van der Waals surface area (Å²) in [4.78, 5) is 25.9. The number of benzene rings is 3. The van der Waals surface area contributed by atoms with E-state index >= 15 is 0 Å². The molecule has 0 radical (unpaired) electrons. The zero-order valence-electron chi connectivity index (χ0n) is 26.9. The number of aliphatic hydroxyl groups excluding tert-OH is 1. The Hall–Kier alpha value is -3.51. The van der Waals surface area contributed by atoms with E-state index in [-0.39, 0.29) is 44.4 Å². The Balaban J connectivity index is 1.25. The predicted molar refractivity (Wildman–Crippen MR) is 177 cm³/mol. The molecule has 47 heavy (non-hydrogen) atoms. The number of esters is 1. The number of ether oxygens (including phenoxy) is 3. The first-order valence-electron chi connectivity index (χ1n) is 16.1. The zero-order chi connectivity index (χ0) is 33.4. The van der Waals surface area contributed by atoms with Crippen LogP contribution in [0.1, 0.15) is 66.9 Å². The summed E-state index contributed by atoms with van der Waals surface area (Å²) in [6.45, 7) is 6.29. The van der Waals surface area contributed by atoms with Crippen molar-refractivity contribution in [2.24, 2.45) is 5.92 Å². The smallest absolute Gasteiger partial charge is 0.325 e. The van der Waals surface area contributed by atoms with E-state index in [1.807, 2.05) is 72.8 Å². The third kappa shape index (κ3) is 9.10. The van der Waals surface area contributed by atoms with Gasteiger partial charge in [-0.1, -0.05) is 79.2 Å². The van der Waals surface area contributed by atoms with Crippen LogP contribution in [0.4, 0.5) is 4.79 Å². The summed E-state index contributed by atoms with van der Waals surface area (Å²) >= 11 is 6.07. The molecule has 2 heterocycles. The van der Waals surface area contributed by atoms with Crippen molar-refractivity contribution >= 4 is 23.6 Å². The molecule has 2 aliphatic rings. The van der Waals surface area contributed by atoms with E-state index in [1.165, 1.54) is 0 Å². The molecule has 2 fully saturated rings. The summed E-state index contributed by atoms with van der Waals surface area (Å²) in [5.41, 5.74) is 3.57. The Morgan fingerprint density at radius 3 is 2.21 bits per heavy atom. The molecule has 3 aromatic rings. The average Bonchev–Trinajstić information content (AvgIpc) is 3.09. The number of amides is 2. The van der Waals surface area contributed by atoms with E-state index in [2.05, 4.69) is 22.5 Å². The molecule has 0 unspecified atom stereocenters. The highest BCUT2D eigenvalue weighted by Crippen LogP contribution is 2.42. The zero-order valence-corrected chi connectivity index (χ0v) is 27.6. The molecule has 0 bridgehead atoms. The van der Waals surface area contributed by atoms with Crippen molar-refractivity contribution in [1.82, 2.24) is 15.5 Å². The Morgan fingerprint density at radius 2 is 1.57 bits per heavy atom. The fraction of sp³-hybridized carbons (Fsp3) is 0.444. The fourth-order valence-corrected chi connectivity index (χ4v) is 6.26. The minimum atomic E-state index is -0.888. The summed E-state index contributed by atoms with van der Waals surface area (Å²) in [5, 5.41) is 26.8. The van der Waals surface area contributed by atoms with Crippen molar-refractivity contribution < 1.29 is 34.0 Å². The number of hydrogen-bond acceptors (Lipinski definition) is 8. The Bertz CT molecular complexity index is 1460. The molecular weight excluding hydrogens is 622 g/mol. The molecule has 0 saturated carbocycles. The molecule has 0 spiro atoms. The molecule has 2 aliphatic heterocycles. The topological polar surface area (TPSA) is 130 Å². The maximum Gasteiger partial charge on any atom is 0.325 e. The van der Waals surface area contributed by atoms with Crippen LogP contribution in [0, 0.1) is 5.92 Å². The van der Waals surface area contributed by atoms with Gasteiger partial charge >= 0.3 is 12.0 Å². The van der Waals surface area contributed by atoms with Gasteiger partial charge in [-0.2, -0.15) is 0 Å². The third-order valence-corrected chi connectivity index (χ3v) is 9.28. The van der Waals surface area contributed by atoms with Crippen LogP contribution in [0.2, 0.25) is 5.02 Å². The molecule has 3 aromatic carbocycles. The predicted octanol–water partition coefficient (Wildman–Crippen LogP) is 4.97. The van der Waals surface area contributed by atoms with E-state index in [0.717, 1.165) is 40.9 Å². The van der Waals surface area contributed by atoms with E-state index < -0.39 is 23.9 Å². The van der Waals surface area contributed by atoms with Gasteiger partial charge in [0.25, 0.3) is 0 Å². The van der Waals surface area contributed by atoms with Crippen LogP contribution in [0.25, 0.3) is 0 Å². The molecule has 2 saturated heterocycles. The van der Waals surface area contributed by atoms with Gasteiger partial charge in [0.1, 0.15) is 6.54 Å². The van der Waals surface area contributed by atoms with Gasteiger partial charge in [-0.3, -0.25) is 4.79 Å². The summed E-state index contributed by atoms with van der Waals surface area (Å²) in [6.07, 6.45) is 0.203. The number of hydrogen-bond donors (Lipinski definition) is 4. The number of halogens is 1. The first kappa shape index (κ1) is 34.8. The van der Waals surface area contributed by atoms with Crippen molar-refractivity contribution in [2.75, 3.05) is 32.8 Å². The Morgan fingerprint density at radius 1 is 0.936 bits per heavy atom. The van der Waals surface area contributed by atoms with E-state index in [0.29, 0.717) is 24.4 Å². The van der Waals surface area contributed by atoms with Crippen LogP contribution < -0.4 is 10.6 Å². The maximum atomic E-state index is 12.1. The molecule has 4 N–H and O–H groups in total. The van der Waals surface area contributed by atoms with Gasteiger partial charge in [0, 0.05) is 42.7 Å². The van der Waals surface area contributed by atoms with E-state index in [1.54, 1.807) is 6.92 Å². The highest BCUT2D eigenvalue weighted by Gasteiger charge is 2.41. The summed E-state index contributed by atoms with van der Waals surface area (Å²) in [6, 6.07) is 22.5. The van der Waals surface area contributed by atoms with Gasteiger partial charge in [-0.05, 0) is 54.2 Å². The van der Waals surface area contributed by atoms with Crippen molar-refractivity contribution in [3.8, 4) is 0 Å². The molecule has 11 heteroatoms. The maximum absolute atomic E-state index is 12.1. The lowest BCUT2D eigenvalue weighted by Crippen LogP contribution is -2.49. The van der Waals surface area contributed by atoms with Gasteiger partial charge < -0.3 is 40.0 Å². The van der Waals surface area contributed by atoms with Gasteiger partial charge in [-0.15, -0.1) is 0 Å². The lowest BCUT2D eigenvalue weighted by molar-refractivity contribution is -0.277. The largest absolute Gasteiger partial charge is 0.465 e. The highest BCUT2D eigenvalue weighted by atomic mass is 35.5. The van der Waals surface area contributed by atoms with Gasteiger partial charge in [-0.25, -0.2) is 4.79 Å². The third-order valence-electron chi connectivity index (χ3n) is 9.03. The van der Waals surface area contributed by atoms with Gasteiger partial charge in [0.2, 0.25) is 0 Å². The second kappa shape index (κ2) is 16.1. The Kier molecular flexibility index (Phi) is 11.9. The second-order valence-electron chi connectivity index (χ2n) is 12.2. The summed E-state index contributed by atoms with van der Waals surface area (Å²) < 4.78 is 18.1. The molecular formula is C36H44ClN3O7. The summed E-state index contributed by atoms with van der Waals surface area (Å²) in [5.74, 6) is -0.464. The van der Waals surface area contributed by atoms with Crippen LogP contribution in [0.5, 0.6) is 0 Å². The summed E-state index contributed by atoms with van der Waals surface area (Å²) in [7, 11) is 0. The van der Waals surface area contributed by atoms with Gasteiger partial charge in [0.05, 0.1) is 31.0 Å². The van der Waals surface area contributed by atoms with Crippen molar-refractivity contribution in [2.45, 2.75) is 63.9 Å². The number of piperidine rings is 1. The number of nitrogens with zero attached hydrogens (tertiary/aromatic N) is 1. The SMILES string of the molecule is CCOC(=O)CNC(=O)NCc1ccc([C@@H]2O[C@H](CN3CCC(O)(c4ccc(Cl)cc4)CC3)[C@H](C)[C@H](c3ccc(CO)cc3)O2)cc1. The quantitative estimate of drug-likeness (QED) is 0.211. The van der Waals surface area contributed by atoms with Gasteiger partial charge in [0.15, 0.2) is 6.29 Å². The van der Waals surface area contributed by atoms with Crippen LogP contribution in [0.3, 0.4) is 0 Å². The van der Waals surface area contributed by atoms with Crippen molar-refractivity contribution in [3.63, 3.8) is 0 Å². The first-order valence-corrected chi connectivity index (χ1v) is 16.5. The second-order valence-corrected chi connectivity index (χ2v) is 12.7. The number of carbonyl (C=O) groups excluding carboxylic acids is 2. The molecule has 10 nitrogen and oxygen atoms in total. The Labute approximate surface area is 281 Å². The average molecular weight is 666 g/mol. The normalized spacial score (nSPS) is 22.7. The minimum Gasteiger partial charge on any atom is -0.465 e. The minimum absolute atomic E-state index is 0.0265. The first-order chi connectivity index (χ1) is 22.7. The lowest BCUT2D eigenvalue weighted by atomic mass is 9.84. The standard InChI is InChI=1S/C36H44ClN3O7/c1-3-45-32(42)21-39-35(43)38-20-25-4-10-28(11-5-25)34-46-31(24(2)33(47-34)27-8-6-26(23-41)7-9-27)22-40-18-16-36(44,17-19-40)29-12-14-30(37)15-13-29/h4-15,24,31,33-34,41,44H,3,16-23H2,1-2H3,(H2,38,39,43)/t24-,31+,33+,34+/m0/s1. The monoisotopic (exact) mass is 665 g/mol. The molecule has 0 aromatic heterocycles. The number of nitrogens with one attached hydrogen (secondary N) is 2. The number of likely N-dealkylation sites (tertiary alicyclic amines) is 1. The molecule has 2 amide bonds. The molecule has 4 atom stereocenters. The van der Waals surface area contributed by atoms with Crippen molar-refractivity contribution in [3.05, 3.63) is 106 Å². The van der Waals surface area contributed by atoms with Crippen molar-refractivity contribution in [1.29, 1.82) is 0 Å². The van der Waals surface area contributed by atoms with Crippen LogP contribution in [0.15, 0.2) is 72.8 Å². The molecule has 0 aliphatic carbocycles. The number of urea groups is 1. The fourth-order valence-electron chi connectivity index (χ4n) is 6.14. The number of aliphatic hydroxyl groups is 2. The van der Waals surface area contributed by atoms with Crippen LogP contribution >= 0.6 is 11.6 Å². The molecule has 5 rings (SSSR count). The van der Waals surface area contributed by atoms with Crippen LogP contribution in [-0.2, 0) is 37.8 Å². The molecule has 252 valence electrons. The number of carbonyl (C=O) groups is 2. The highest BCUT2D eigenvalue weighted by molar-refractivity contribution is 6.30. The number of rotatable bonds is 11. The lowest BCUT2D eigenvalue weighted by Gasteiger charge is -2.45. The van der Waals surface area contributed by atoms with Crippen LogP contribution in [-0.4, -0.2) is 66.0 Å².